The van der Waals surface area contributed by atoms with Crippen molar-refractivity contribution >= 4 is 40.7 Å². The van der Waals surface area contributed by atoms with Crippen LogP contribution < -0.4 is 14.5 Å². The van der Waals surface area contributed by atoms with E-state index in [1.54, 1.807) is 12.0 Å². The van der Waals surface area contributed by atoms with Gasteiger partial charge in [-0.25, -0.2) is 0 Å². The lowest BCUT2D eigenvalue weighted by Crippen LogP contribution is -2.25. The predicted octanol–water partition coefficient (Wildman–Crippen LogP) is 6.67. The minimum absolute atomic E-state index is 0.0636. The molecule has 0 N–H and O–H groups in total. The fraction of sp³-hybridized carbons (Fsp3) is 0.179. The summed E-state index contributed by atoms with van der Waals surface area (Å²) in [4.78, 5) is 17.6. The van der Waals surface area contributed by atoms with Crippen molar-refractivity contribution in [1.29, 1.82) is 0 Å². The smallest absolute Gasteiger partial charge is 0.262 e. The van der Waals surface area contributed by atoms with Crippen molar-refractivity contribution < 1.29 is 9.53 Å². The number of ether oxygens (including phenoxy) is 1. The number of amides is 1. The molecule has 0 aliphatic carbocycles. The Hall–Kier alpha value is -3.50. The molecule has 0 spiro atoms. The third kappa shape index (κ3) is 4.81. The lowest BCUT2D eigenvalue weighted by atomic mass is 10.1. The van der Waals surface area contributed by atoms with Gasteiger partial charge in [0.15, 0.2) is 0 Å². The summed E-state index contributed by atoms with van der Waals surface area (Å²) in [7, 11) is 1.64. The first-order valence-electron chi connectivity index (χ1n) is 11.1. The van der Waals surface area contributed by atoms with Crippen LogP contribution in [0.15, 0.2) is 84.4 Å². The summed E-state index contributed by atoms with van der Waals surface area (Å²) in [6.07, 6.45) is 3.84. The van der Waals surface area contributed by atoms with Crippen molar-refractivity contribution in [2.45, 2.75) is 13.8 Å². The Labute approximate surface area is 200 Å². The predicted molar refractivity (Wildman–Crippen MR) is 138 cm³/mol. The van der Waals surface area contributed by atoms with Gasteiger partial charge >= 0.3 is 0 Å². The Bertz CT molecular complexity index is 1180. The first-order valence-corrected chi connectivity index (χ1v) is 11.4. The van der Waals surface area contributed by atoms with E-state index in [2.05, 4.69) is 30.9 Å². The van der Waals surface area contributed by atoms with Gasteiger partial charge < -0.3 is 9.64 Å². The minimum Gasteiger partial charge on any atom is -0.497 e. The Morgan fingerprint density at radius 1 is 0.909 bits per heavy atom. The van der Waals surface area contributed by atoms with Crippen LogP contribution in [0.1, 0.15) is 25.0 Å². The van der Waals surface area contributed by atoms with Gasteiger partial charge in [0.25, 0.3) is 5.91 Å². The van der Waals surface area contributed by atoms with E-state index in [1.807, 2.05) is 72.8 Å². The highest BCUT2D eigenvalue weighted by Crippen LogP contribution is 2.36. The van der Waals surface area contributed by atoms with E-state index in [0.29, 0.717) is 10.6 Å². The van der Waals surface area contributed by atoms with E-state index in [1.165, 1.54) is 0 Å². The summed E-state index contributed by atoms with van der Waals surface area (Å²) in [5, 5.41) is 0.660. The third-order valence-corrected chi connectivity index (χ3v) is 6.05. The third-order valence-electron chi connectivity index (χ3n) is 5.80. The quantitative estimate of drug-likeness (QED) is 0.371. The molecule has 4 rings (SSSR count). The summed E-state index contributed by atoms with van der Waals surface area (Å²) < 4.78 is 5.24. The largest absolute Gasteiger partial charge is 0.497 e. The topological polar surface area (TPSA) is 32.8 Å². The highest BCUT2D eigenvalue weighted by atomic mass is 35.5. The Kier molecular flexibility index (Phi) is 6.85. The van der Waals surface area contributed by atoms with E-state index < -0.39 is 0 Å². The molecule has 0 unspecified atom stereocenters. The van der Waals surface area contributed by atoms with Crippen molar-refractivity contribution in [3.63, 3.8) is 0 Å². The summed E-state index contributed by atoms with van der Waals surface area (Å²) in [6, 6.07) is 23.4. The van der Waals surface area contributed by atoms with Crippen LogP contribution in [0, 0.1) is 0 Å². The van der Waals surface area contributed by atoms with E-state index in [9.17, 15) is 4.79 Å². The SMILES string of the molecule is CCN(CC)c1ccc(N2C(=O)/C(=C\c3ccc(OC)cc3)C=C2c2ccc(Cl)cc2)cc1. The molecule has 0 saturated heterocycles. The Morgan fingerprint density at radius 3 is 2.12 bits per heavy atom. The van der Waals surface area contributed by atoms with Crippen molar-refractivity contribution in [3.05, 3.63) is 101 Å². The van der Waals surface area contributed by atoms with E-state index in [4.69, 9.17) is 16.3 Å². The van der Waals surface area contributed by atoms with Gasteiger partial charge in [0, 0.05) is 35.1 Å². The van der Waals surface area contributed by atoms with Gasteiger partial charge in [-0.2, -0.15) is 0 Å². The Balaban J connectivity index is 1.74. The van der Waals surface area contributed by atoms with Crippen LogP contribution in [0.4, 0.5) is 11.4 Å². The van der Waals surface area contributed by atoms with Gasteiger partial charge in [-0.15, -0.1) is 0 Å². The fourth-order valence-corrected chi connectivity index (χ4v) is 4.11. The zero-order valence-corrected chi connectivity index (χ0v) is 19.8. The van der Waals surface area contributed by atoms with Crippen molar-refractivity contribution in [2.75, 3.05) is 30.0 Å². The van der Waals surface area contributed by atoms with Crippen LogP contribution in [-0.2, 0) is 4.79 Å². The van der Waals surface area contributed by atoms with Crippen LogP contribution >= 0.6 is 11.6 Å². The number of hydrogen-bond acceptors (Lipinski definition) is 3. The van der Waals surface area contributed by atoms with Crippen LogP contribution in [-0.4, -0.2) is 26.1 Å². The highest BCUT2D eigenvalue weighted by molar-refractivity contribution is 6.30. The zero-order chi connectivity index (χ0) is 23.4. The number of methoxy groups -OCH3 is 1. The van der Waals surface area contributed by atoms with Gasteiger partial charge in [-0.05, 0) is 85.7 Å². The molecule has 0 aromatic heterocycles. The molecule has 4 nitrogen and oxygen atoms in total. The van der Waals surface area contributed by atoms with E-state index in [-0.39, 0.29) is 5.91 Å². The van der Waals surface area contributed by atoms with Crippen LogP contribution in [0.3, 0.4) is 0 Å². The molecule has 0 fully saturated rings. The molecule has 1 heterocycles. The molecule has 0 saturated carbocycles. The fourth-order valence-electron chi connectivity index (χ4n) is 3.99. The molecule has 168 valence electrons. The standard InChI is InChI=1S/C28H27ClN2O2/c1-4-30(5-2)24-12-14-25(15-13-24)31-27(21-8-10-23(29)11-9-21)19-22(28(31)32)18-20-6-16-26(33-3)17-7-20/h6-19H,4-5H2,1-3H3/b22-18-. The lowest BCUT2D eigenvalue weighted by molar-refractivity contribution is -0.113. The molecule has 0 atom stereocenters. The summed E-state index contributed by atoms with van der Waals surface area (Å²) in [6.45, 7) is 6.14. The highest BCUT2D eigenvalue weighted by Gasteiger charge is 2.30. The maximum Gasteiger partial charge on any atom is 0.262 e. The molecule has 1 aliphatic heterocycles. The second-order valence-electron chi connectivity index (χ2n) is 7.74. The van der Waals surface area contributed by atoms with Crippen molar-refractivity contribution in [2.24, 2.45) is 0 Å². The number of hydrogen-bond donors (Lipinski definition) is 0. The zero-order valence-electron chi connectivity index (χ0n) is 19.1. The summed E-state index contributed by atoms with van der Waals surface area (Å²) in [5.74, 6) is 0.716. The van der Waals surface area contributed by atoms with Crippen LogP contribution in [0.25, 0.3) is 11.8 Å². The molecular formula is C28H27ClN2O2. The van der Waals surface area contributed by atoms with Crippen LogP contribution in [0.5, 0.6) is 5.75 Å². The van der Waals surface area contributed by atoms with Crippen molar-refractivity contribution in [1.82, 2.24) is 0 Å². The minimum atomic E-state index is -0.0636. The molecule has 0 bridgehead atoms. The van der Waals surface area contributed by atoms with Crippen LogP contribution in [0.2, 0.25) is 5.02 Å². The number of anilines is 2. The number of benzene rings is 3. The van der Waals surface area contributed by atoms with Gasteiger partial charge in [-0.3, -0.25) is 9.69 Å². The molecule has 5 heteroatoms. The lowest BCUT2D eigenvalue weighted by Gasteiger charge is -2.24. The normalized spacial score (nSPS) is 14.5. The molecule has 3 aromatic carbocycles. The summed E-state index contributed by atoms with van der Waals surface area (Å²) >= 11 is 6.11. The molecule has 33 heavy (non-hydrogen) atoms. The molecular weight excluding hydrogens is 432 g/mol. The maximum atomic E-state index is 13.6. The summed E-state index contributed by atoms with van der Waals surface area (Å²) in [5.41, 5.74) is 5.28. The number of nitrogens with zero attached hydrogens (tertiary/aromatic N) is 2. The first-order chi connectivity index (χ1) is 16.0. The van der Waals surface area contributed by atoms with Crippen molar-refractivity contribution in [3.8, 4) is 5.75 Å². The van der Waals surface area contributed by atoms with Gasteiger partial charge in [-0.1, -0.05) is 35.9 Å². The monoisotopic (exact) mass is 458 g/mol. The maximum absolute atomic E-state index is 13.6. The number of rotatable bonds is 7. The molecule has 1 aliphatic rings. The van der Waals surface area contributed by atoms with E-state index >= 15 is 0 Å². The van der Waals surface area contributed by atoms with Gasteiger partial charge in [0.05, 0.1) is 12.8 Å². The second-order valence-corrected chi connectivity index (χ2v) is 8.17. The molecule has 3 aromatic rings. The number of halogens is 1. The van der Waals surface area contributed by atoms with Gasteiger partial charge in [0.2, 0.25) is 0 Å². The molecule has 1 amide bonds. The average molecular weight is 459 g/mol. The molecule has 0 radical (unpaired) electrons. The number of carbonyl (C=O) groups is 1. The Morgan fingerprint density at radius 2 is 1.55 bits per heavy atom. The second kappa shape index (κ2) is 9.97. The first kappa shape index (κ1) is 22.7. The van der Waals surface area contributed by atoms with E-state index in [0.717, 1.165) is 47.0 Å². The van der Waals surface area contributed by atoms with Gasteiger partial charge in [0.1, 0.15) is 5.75 Å². The number of carbonyl (C=O) groups excluding carboxylic acids is 1. The average Bonchev–Trinajstić information content (AvgIpc) is 3.17.